The van der Waals surface area contributed by atoms with Crippen LogP contribution in [0, 0.1) is 5.92 Å². The molecule has 158 valence electrons. The molecule has 0 aliphatic heterocycles. The van der Waals surface area contributed by atoms with Crippen molar-refractivity contribution < 1.29 is 14.6 Å². The maximum Gasteiger partial charge on any atom is 0.313 e. The molecule has 3 rings (SSSR count). The van der Waals surface area contributed by atoms with E-state index in [2.05, 4.69) is 45.0 Å². The number of aliphatic hydroxyl groups excluding tert-OH is 1. The summed E-state index contributed by atoms with van der Waals surface area (Å²) in [5.41, 5.74) is 4.39. The van der Waals surface area contributed by atoms with Gasteiger partial charge in [0.2, 0.25) is 0 Å². The molecule has 0 aliphatic rings. The predicted molar refractivity (Wildman–Crippen MR) is 125 cm³/mol. The van der Waals surface area contributed by atoms with Crippen molar-refractivity contribution in [2.75, 3.05) is 6.54 Å². The van der Waals surface area contributed by atoms with Crippen LogP contribution in [0.25, 0.3) is 5.57 Å². The molecule has 0 saturated heterocycles. The Hall–Kier alpha value is -2.25. The van der Waals surface area contributed by atoms with Crippen LogP contribution in [0.1, 0.15) is 43.6 Å². The summed E-state index contributed by atoms with van der Waals surface area (Å²) < 4.78 is 5.29. The lowest BCUT2D eigenvalue weighted by Gasteiger charge is -2.20. The first kappa shape index (κ1) is 22.4. The number of thiophene rings is 2. The standard InChI is InChI=1S/C24H27NO3S2/c1-16(2)24(27)28-21-6-4-18(5-7-21)23(26)17(3)25-11-8-22(19-9-12-29-14-19)20-10-13-30-15-20/h4-10,12-17,23,25-26H,11H2,1-3H3. The minimum Gasteiger partial charge on any atom is -0.426 e. The Morgan fingerprint density at radius 2 is 1.63 bits per heavy atom. The van der Waals surface area contributed by atoms with E-state index in [0.717, 1.165) is 5.56 Å². The molecule has 0 radical (unpaired) electrons. The second kappa shape index (κ2) is 10.7. The zero-order valence-electron chi connectivity index (χ0n) is 17.4. The molecule has 0 spiro atoms. The van der Waals surface area contributed by atoms with Crippen molar-refractivity contribution in [1.29, 1.82) is 0 Å². The maximum atomic E-state index is 11.7. The van der Waals surface area contributed by atoms with Gasteiger partial charge in [-0.25, -0.2) is 0 Å². The van der Waals surface area contributed by atoms with E-state index < -0.39 is 6.10 Å². The fourth-order valence-corrected chi connectivity index (χ4v) is 4.26. The summed E-state index contributed by atoms with van der Waals surface area (Å²) in [7, 11) is 0. The van der Waals surface area contributed by atoms with Crippen molar-refractivity contribution in [3.8, 4) is 5.75 Å². The first-order valence-electron chi connectivity index (χ1n) is 9.94. The van der Waals surface area contributed by atoms with Gasteiger partial charge in [-0.05, 0) is 75.0 Å². The van der Waals surface area contributed by atoms with E-state index in [9.17, 15) is 9.90 Å². The normalized spacial score (nSPS) is 13.1. The number of ether oxygens (including phenoxy) is 1. The molecule has 30 heavy (non-hydrogen) atoms. The second-order valence-corrected chi connectivity index (χ2v) is 8.99. The van der Waals surface area contributed by atoms with E-state index in [1.165, 1.54) is 16.7 Å². The number of carbonyl (C=O) groups excluding carboxylic acids is 1. The average molecular weight is 442 g/mol. The van der Waals surface area contributed by atoms with Crippen molar-refractivity contribution in [2.45, 2.75) is 32.9 Å². The summed E-state index contributed by atoms with van der Waals surface area (Å²) in [5.74, 6) is 0.0436. The molecule has 1 aromatic carbocycles. The summed E-state index contributed by atoms with van der Waals surface area (Å²) >= 11 is 3.37. The third-order valence-corrected chi connectivity index (χ3v) is 6.16. The third kappa shape index (κ3) is 5.89. The molecule has 6 heteroatoms. The Balaban J connectivity index is 1.60. The van der Waals surface area contributed by atoms with Gasteiger partial charge in [0.1, 0.15) is 5.75 Å². The molecular weight excluding hydrogens is 414 g/mol. The fourth-order valence-electron chi connectivity index (χ4n) is 2.95. The van der Waals surface area contributed by atoms with Gasteiger partial charge in [0.05, 0.1) is 12.0 Å². The van der Waals surface area contributed by atoms with E-state index in [0.29, 0.717) is 12.3 Å². The number of hydrogen-bond acceptors (Lipinski definition) is 6. The first-order valence-corrected chi connectivity index (χ1v) is 11.8. The summed E-state index contributed by atoms with van der Waals surface area (Å²) in [5, 5.41) is 22.5. The fraction of sp³-hybridized carbons (Fsp3) is 0.292. The van der Waals surface area contributed by atoms with Crippen molar-refractivity contribution in [3.63, 3.8) is 0 Å². The average Bonchev–Trinajstić information content (AvgIpc) is 3.45. The molecule has 2 unspecified atom stereocenters. The van der Waals surface area contributed by atoms with Gasteiger partial charge in [0, 0.05) is 12.6 Å². The highest BCUT2D eigenvalue weighted by Gasteiger charge is 2.17. The minimum atomic E-state index is -0.668. The molecule has 0 bridgehead atoms. The summed E-state index contributed by atoms with van der Waals surface area (Å²) in [6.45, 7) is 6.19. The van der Waals surface area contributed by atoms with Crippen LogP contribution in [0.15, 0.2) is 64.0 Å². The summed E-state index contributed by atoms with van der Waals surface area (Å²) in [4.78, 5) is 11.7. The van der Waals surface area contributed by atoms with E-state index in [-0.39, 0.29) is 17.9 Å². The van der Waals surface area contributed by atoms with Gasteiger partial charge in [-0.15, -0.1) is 0 Å². The van der Waals surface area contributed by atoms with Crippen LogP contribution in [0.4, 0.5) is 0 Å². The molecule has 2 N–H and O–H groups in total. The number of hydrogen-bond donors (Lipinski definition) is 2. The van der Waals surface area contributed by atoms with Crippen LogP contribution in [-0.2, 0) is 4.79 Å². The largest absolute Gasteiger partial charge is 0.426 e. The van der Waals surface area contributed by atoms with E-state index in [4.69, 9.17) is 4.74 Å². The van der Waals surface area contributed by atoms with Crippen molar-refractivity contribution >= 4 is 34.2 Å². The van der Waals surface area contributed by atoms with E-state index in [1.807, 2.05) is 6.92 Å². The number of esters is 1. The van der Waals surface area contributed by atoms with Crippen LogP contribution < -0.4 is 10.1 Å². The third-order valence-electron chi connectivity index (χ3n) is 4.80. The summed E-state index contributed by atoms with van der Waals surface area (Å²) in [6.07, 6.45) is 1.50. The number of rotatable bonds is 9. The highest BCUT2D eigenvalue weighted by molar-refractivity contribution is 7.08. The van der Waals surface area contributed by atoms with Crippen LogP contribution >= 0.6 is 22.7 Å². The van der Waals surface area contributed by atoms with Gasteiger partial charge < -0.3 is 15.2 Å². The quantitative estimate of drug-likeness (QED) is 0.339. The Kier molecular flexibility index (Phi) is 7.99. The number of benzene rings is 1. The Morgan fingerprint density at radius 1 is 1.03 bits per heavy atom. The second-order valence-electron chi connectivity index (χ2n) is 7.43. The molecule has 3 aromatic rings. The van der Waals surface area contributed by atoms with Crippen molar-refractivity contribution in [2.24, 2.45) is 5.92 Å². The number of carbonyl (C=O) groups is 1. The lowest BCUT2D eigenvalue weighted by Crippen LogP contribution is -2.32. The van der Waals surface area contributed by atoms with Gasteiger partial charge in [-0.3, -0.25) is 4.79 Å². The molecule has 2 atom stereocenters. The van der Waals surface area contributed by atoms with E-state index in [1.54, 1.807) is 60.8 Å². The topological polar surface area (TPSA) is 58.6 Å². The Labute approximate surface area is 185 Å². The van der Waals surface area contributed by atoms with Crippen LogP contribution in [-0.4, -0.2) is 23.7 Å². The van der Waals surface area contributed by atoms with Gasteiger partial charge in [-0.1, -0.05) is 32.1 Å². The lowest BCUT2D eigenvalue weighted by molar-refractivity contribution is -0.137. The Morgan fingerprint density at radius 3 is 2.13 bits per heavy atom. The monoisotopic (exact) mass is 441 g/mol. The highest BCUT2D eigenvalue weighted by Crippen LogP contribution is 2.27. The predicted octanol–water partition coefficient (Wildman–Crippen LogP) is 5.51. The van der Waals surface area contributed by atoms with E-state index >= 15 is 0 Å². The molecule has 2 heterocycles. The smallest absolute Gasteiger partial charge is 0.313 e. The lowest BCUT2D eigenvalue weighted by atomic mass is 10.0. The van der Waals surface area contributed by atoms with Gasteiger partial charge in [0.25, 0.3) is 0 Å². The zero-order valence-corrected chi connectivity index (χ0v) is 19.0. The van der Waals surface area contributed by atoms with Crippen LogP contribution in [0.2, 0.25) is 0 Å². The van der Waals surface area contributed by atoms with Crippen LogP contribution in [0.3, 0.4) is 0 Å². The molecule has 0 aliphatic carbocycles. The number of aliphatic hydroxyl groups is 1. The zero-order chi connectivity index (χ0) is 21.5. The number of nitrogens with one attached hydrogen (secondary N) is 1. The molecular formula is C24H27NO3S2. The summed E-state index contributed by atoms with van der Waals surface area (Å²) in [6, 6.07) is 11.1. The van der Waals surface area contributed by atoms with Crippen molar-refractivity contribution in [1.82, 2.24) is 5.32 Å². The first-order chi connectivity index (χ1) is 14.5. The molecule has 2 aromatic heterocycles. The SMILES string of the molecule is CC(C)C(=O)Oc1ccc(C(O)C(C)NCC=C(c2ccsc2)c2ccsc2)cc1. The maximum absolute atomic E-state index is 11.7. The molecule has 0 saturated carbocycles. The van der Waals surface area contributed by atoms with Crippen LogP contribution in [0.5, 0.6) is 5.75 Å². The highest BCUT2D eigenvalue weighted by atomic mass is 32.1. The van der Waals surface area contributed by atoms with Gasteiger partial charge in [0.15, 0.2) is 0 Å². The van der Waals surface area contributed by atoms with Gasteiger partial charge in [-0.2, -0.15) is 22.7 Å². The van der Waals surface area contributed by atoms with Crippen molar-refractivity contribution in [3.05, 3.63) is 80.7 Å². The molecule has 0 amide bonds. The Bertz CT molecular complexity index is 909. The van der Waals surface area contributed by atoms with Gasteiger partial charge >= 0.3 is 5.97 Å². The molecule has 4 nitrogen and oxygen atoms in total. The molecule has 0 fully saturated rings. The minimum absolute atomic E-state index is 0.142.